The maximum absolute atomic E-state index is 11.2. The van der Waals surface area contributed by atoms with E-state index >= 15 is 0 Å². The van der Waals surface area contributed by atoms with Gasteiger partial charge in [0.2, 0.25) is 5.91 Å². The molecular formula is C19H30N2OS. The van der Waals surface area contributed by atoms with E-state index in [1.165, 1.54) is 42.6 Å². The van der Waals surface area contributed by atoms with Crippen molar-refractivity contribution >= 4 is 23.4 Å². The molecule has 2 N–H and O–H groups in total. The minimum atomic E-state index is -0.00437. The molecule has 0 spiro atoms. The predicted molar refractivity (Wildman–Crippen MR) is 101 cm³/mol. The average Bonchev–Trinajstić information content (AvgIpc) is 2.53. The highest BCUT2D eigenvalue weighted by atomic mass is 32.2. The summed E-state index contributed by atoms with van der Waals surface area (Å²) in [5, 5.41) is 6.76. The van der Waals surface area contributed by atoms with E-state index in [1.807, 2.05) is 17.8 Å². The second-order valence-corrected chi connectivity index (χ2v) is 7.50. The highest BCUT2D eigenvalue weighted by molar-refractivity contribution is 7.98. The van der Waals surface area contributed by atoms with Crippen LogP contribution in [0, 0.1) is 0 Å². The van der Waals surface area contributed by atoms with Crippen LogP contribution in [0.4, 0.5) is 5.69 Å². The van der Waals surface area contributed by atoms with Gasteiger partial charge in [0.05, 0.1) is 0 Å². The number of nitrogens with one attached hydrogen (secondary N) is 2. The van der Waals surface area contributed by atoms with E-state index in [2.05, 4.69) is 35.9 Å². The fraction of sp³-hybridized carbons (Fsp3) is 0.632. The lowest BCUT2D eigenvalue weighted by molar-refractivity contribution is -0.114. The molecule has 2 unspecified atom stereocenters. The topological polar surface area (TPSA) is 41.1 Å². The SMILES string of the molecule is CCC(CCCSC)NC1CCc2ccc(NC(C)=O)cc2C1. The molecule has 1 amide bonds. The Morgan fingerprint density at radius 2 is 2.22 bits per heavy atom. The number of anilines is 1. The molecule has 1 aliphatic carbocycles. The van der Waals surface area contributed by atoms with Crippen molar-refractivity contribution in [3.05, 3.63) is 29.3 Å². The third-order valence-corrected chi connectivity index (χ3v) is 5.32. The molecule has 2 rings (SSSR count). The van der Waals surface area contributed by atoms with E-state index in [9.17, 15) is 4.79 Å². The number of thioether (sulfide) groups is 1. The summed E-state index contributed by atoms with van der Waals surface area (Å²) in [6.45, 7) is 3.84. The second kappa shape index (κ2) is 9.33. The number of aryl methyl sites for hydroxylation is 1. The maximum atomic E-state index is 11.2. The molecule has 2 atom stereocenters. The van der Waals surface area contributed by atoms with Crippen molar-refractivity contribution in [1.82, 2.24) is 5.32 Å². The molecule has 0 radical (unpaired) electrons. The number of amides is 1. The molecule has 4 heteroatoms. The first-order valence-electron chi connectivity index (χ1n) is 8.76. The van der Waals surface area contributed by atoms with Crippen LogP contribution in [0.3, 0.4) is 0 Å². The average molecular weight is 335 g/mol. The lowest BCUT2D eigenvalue weighted by Gasteiger charge is -2.30. The summed E-state index contributed by atoms with van der Waals surface area (Å²) in [7, 11) is 0. The first-order chi connectivity index (χ1) is 11.1. The highest BCUT2D eigenvalue weighted by Crippen LogP contribution is 2.25. The van der Waals surface area contributed by atoms with Crippen molar-refractivity contribution in [2.45, 2.75) is 64.5 Å². The Hall–Kier alpha value is -1.00. The highest BCUT2D eigenvalue weighted by Gasteiger charge is 2.21. The Labute approximate surface area is 145 Å². The number of hydrogen-bond donors (Lipinski definition) is 2. The standard InChI is InChI=1S/C19H30N2OS/c1-4-17(6-5-11-23-3)21-19-10-8-15-7-9-18(20-14(2)22)12-16(15)13-19/h7,9,12,17,19,21H,4-6,8,10-11,13H2,1-3H3,(H,20,22). The van der Waals surface area contributed by atoms with Crippen LogP contribution >= 0.6 is 11.8 Å². The Morgan fingerprint density at radius 1 is 1.39 bits per heavy atom. The first kappa shape index (κ1) is 18.3. The number of rotatable bonds is 8. The Kier molecular flexibility index (Phi) is 7.44. The van der Waals surface area contributed by atoms with E-state index in [0.29, 0.717) is 12.1 Å². The zero-order valence-corrected chi connectivity index (χ0v) is 15.5. The fourth-order valence-electron chi connectivity index (χ4n) is 3.39. The molecule has 1 aromatic rings. The molecule has 0 saturated carbocycles. The van der Waals surface area contributed by atoms with Crippen molar-refractivity contribution in [2.75, 3.05) is 17.3 Å². The van der Waals surface area contributed by atoms with Crippen LogP contribution in [0.25, 0.3) is 0 Å². The number of carbonyl (C=O) groups is 1. The molecular weight excluding hydrogens is 304 g/mol. The van der Waals surface area contributed by atoms with Crippen molar-refractivity contribution in [3.63, 3.8) is 0 Å². The zero-order valence-electron chi connectivity index (χ0n) is 14.7. The van der Waals surface area contributed by atoms with Crippen LogP contribution in [0.5, 0.6) is 0 Å². The second-order valence-electron chi connectivity index (χ2n) is 6.51. The summed E-state index contributed by atoms with van der Waals surface area (Å²) in [5.41, 5.74) is 3.75. The lowest BCUT2D eigenvalue weighted by atomic mass is 9.87. The lowest BCUT2D eigenvalue weighted by Crippen LogP contribution is -2.41. The van der Waals surface area contributed by atoms with Crippen LogP contribution < -0.4 is 10.6 Å². The molecule has 0 aromatic heterocycles. The normalized spacial score (nSPS) is 18.3. The largest absolute Gasteiger partial charge is 0.326 e. The molecule has 0 fully saturated rings. The van der Waals surface area contributed by atoms with Gasteiger partial charge >= 0.3 is 0 Å². The van der Waals surface area contributed by atoms with Crippen LogP contribution in [-0.4, -0.2) is 30.0 Å². The minimum absolute atomic E-state index is 0.00437. The quantitative estimate of drug-likeness (QED) is 0.706. The van der Waals surface area contributed by atoms with E-state index in [4.69, 9.17) is 0 Å². The maximum Gasteiger partial charge on any atom is 0.221 e. The molecule has 3 nitrogen and oxygen atoms in total. The molecule has 0 aliphatic heterocycles. The summed E-state index contributed by atoms with van der Waals surface area (Å²) in [6.07, 6.45) is 9.36. The zero-order chi connectivity index (χ0) is 16.7. The van der Waals surface area contributed by atoms with Gasteiger partial charge in [0.25, 0.3) is 0 Å². The first-order valence-corrected chi connectivity index (χ1v) is 10.2. The van der Waals surface area contributed by atoms with Crippen molar-refractivity contribution in [3.8, 4) is 0 Å². The Morgan fingerprint density at radius 3 is 2.91 bits per heavy atom. The third kappa shape index (κ3) is 5.85. The predicted octanol–water partition coefficient (Wildman–Crippen LogP) is 4.01. The van der Waals surface area contributed by atoms with Crippen molar-refractivity contribution in [1.29, 1.82) is 0 Å². The number of fused-ring (bicyclic) bond motifs is 1. The molecule has 0 bridgehead atoms. The Balaban J connectivity index is 1.93. The summed E-state index contributed by atoms with van der Waals surface area (Å²) >= 11 is 1.93. The van der Waals surface area contributed by atoms with Gasteiger partial charge in [-0.15, -0.1) is 0 Å². The van der Waals surface area contributed by atoms with Crippen LogP contribution in [0.1, 0.15) is 50.7 Å². The summed E-state index contributed by atoms with van der Waals surface area (Å²) in [5.74, 6) is 1.25. The summed E-state index contributed by atoms with van der Waals surface area (Å²) < 4.78 is 0. The van der Waals surface area contributed by atoms with Crippen LogP contribution in [0.2, 0.25) is 0 Å². The molecule has 23 heavy (non-hydrogen) atoms. The fourth-order valence-corrected chi connectivity index (χ4v) is 3.85. The number of carbonyl (C=O) groups excluding carboxylic acids is 1. The van der Waals surface area contributed by atoms with Gasteiger partial charge in [0, 0.05) is 24.7 Å². The summed E-state index contributed by atoms with van der Waals surface area (Å²) in [6, 6.07) is 7.54. The van der Waals surface area contributed by atoms with E-state index in [0.717, 1.165) is 18.5 Å². The monoisotopic (exact) mass is 334 g/mol. The van der Waals surface area contributed by atoms with Gasteiger partial charge in [-0.1, -0.05) is 13.0 Å². The van der Waals surface area contributed by atoms with Gasteiger partial charge in [0.1, 0.15) is 0 Å². The molecule has 1 aliphatic rings. The van der Waals surface area contributed by atoms with Crippen LogP contribution in [0.15, 0.2) is 18.2 Å². The van der Waals surface area contributed by atoms with Gasteiger partial charge in [-0.3, -0.25) is 4.79 Å². The summed E-state index contributed by atoms with van der Waals surface area (Å²) in [4.78, 5) is 11.2. The number of benzene rings is 1. The van der Waals surface area contributed by atoms with E-state index in [1.54, 1.807) is 6.92 Å². The molecule has 1 aromatic carbocycles. The van der Waals surface area contributed by atoms with Gasteiger partial charge in [-0.25, -0.2) is 0 Å². The van der Waals surface area contributed by atoms with Gasteiger partial charge in [-0.2, -0.15) is 11.8 Å². The molecule has 0 saturated heterocycles. The van der Waals surface area contributed by atoms with Gasteiger partial charge in [0.15, 0.2) is 0 Å². The van der Waals surface area contributed by atoms with Gasteiger partial charge in [-0.05, 0) is 73.8 Å². The molecule has 128 valence electrons. The Bertz CT molecular complexity index is 518. The minimum Gasteiger partial charge on any atom is -0.326 e. The smallest absolute Gasteiger partial charge is 0.221 e. The number of hydrogen-bond acceptors (Lipinski definition) is 3. The van der Waals surface area contributed by atoms with Crippen LogP contribution in [-0.2, 0) is 17.6 Å². The van der Waals surface area contributed by atoms with Crippen molar-refractivity contribution in [2.24, 2.45) is 0 Å². The third-order valence-electron chi connectivity index (χ3n) is 4.62. The van der Waals surface area contributed by atoms with E-state index in [-0.39, 0.29) is 5.91 Å². The molecule has 0 heterocycles. The van der Waals surface area contributed by atoms with Crippen molar-refractivity contribution < 1.29 is 4.79 Å². The van der Waals surface area contributed by atoms with E-state index < -0.39 is 0 Å². The van der Waals surface area contributed by atoms with Gasteiger partial charge < -0.3 is 10.6 Å².